The quantitative estimate of drug-likeness (QED) is 0.855. The molecule has 5 heteroatoms. The van der Waals surface area contributed by atoms with E-state index in [-0.39, 0.29) is 29.2 Å². The van der Waals surface area contributed by atoms with E-state index in [4.69, 9.17) is 5.11 Å². The molecule has 110 valence electrons. The molecule has 1 saturated heterocycles. The van der Waals surface area contributed by atoms with Crippen molar-refractivity contribution in [2.24, 2.45) is 11.8 Å². The molecule has 2 atom stereocenters. The second-order valence-corrected chi connectivity index (χ2v) is 5.73. The van der Waals surface area contributed by atoms with Gasteiger partial charge in [0.25, 0.3) is 0 Å². The van der Waals surface area contributed by atoms with Crippen molar-refractivity contribution in [3.8, 4) is 0 Å². The summed E-state index contributed by atoms with van der Waals surface area (Å²) in [6.45, 7) is 0.341. The van der Waals surface area contributed by atoms with E-state index in [0.717, 1.165) is 24.8 Å². The Morgan fingerprint density at radius 2 is 1.86 bits per heavy atom. The number of aromatic carboxylic acids is 1. The Hall–Kier alpha value is -2.17. The largest absolute Gasteiger partial charge is 0.478 e. The predicted molar refractivity (Wildman–Crippen MR) is 74.7 cm³/mol. The number of carbonyl (C=O) groups excluding carboxylic acids is 2. The number of nitrogens with zero attached hydrogens (tertiary/aromatic N) is 1. The molecule has 1 heterocycles. The second kappa shape index (κ2) is 5.31. The summed E-state index contributed by atoms with van der Waals surface area (Å²) in [6, 6.07) is 6.62. The Labute approximate surface area is 122 Å². The van der Waals surface area contributed by atoms with Gasteiger partial charge in [0, 0.05) is 6.54 Å². The second-order valence-electron chi connectivity index (χ2n) is 5.73. The predicted octanol–water partition coefficient (Wildman–Crippen LogP) is 1.71. The molecule has 1 saturated carbocycles. The van der Waals surface area contributed by atoms with E-state index in [1.807, 2.05) is 6.07 Å². The summed E-state index contributed by atoms with van der Waals surface area (Å²) in [5.41, 5.74) is 1.05. The van der Waals surface area contributed by atoms with Crippen LogP contribution in [0.15, 0.2) is 24.3 Å². The van der Waals surface area contributed by atoms with Crippen LogP contribution in [0.25, 0.3) is 0 Å². The number of carbonyl (C=O) groups is 3. The van der Waals surface area contributed by atoms with Crippen LogP contribution in [0.1, 0.15) is 35.2 Å². The molecular formula is C16H17NO4. The van der Waals surface area contributed by atoms with Gasteiger partial charge in [0.2, 0.25) is 11.8 Å². The molecule has 0 bridgehead atoms. The highest BCUT2D eigenvalue weighted by molar-refractivity contribution is 6.05. The first-order chi connectivity index (χ1) is 10.1. The molecule has 1 aliphatic carbocycles. The molecule has 2 fully saturated rings. The third-order valence-electron chi connectivity index (χ3n) is 4.48. The molecule has 0 radical (unpaired) electrons. The molecule has 2 aliphatic rings. The number of rotatable bonds is 4. The van der Waals surface area contributed by atoms with Crippen molar-refractivity contribution in [1.29, 1.82) is 0 Å². The molecule has 2 unspecified atom stereocenters. The van der Waals surface area contributed by atoms with Gasteiger partial charge in [-0.05, 0) is 37.0 Å². The third-order valence-corrected chi connectivity index (χ3v) is 4.48. The number of fused-ring (bicyclic) bond motifs is 1. The number of hydrogen-bond donors (Lipinski definition) is 1. The lowest BCUT2D eigenvalue weighted by molar-refractivity contribution is -0.140. The van der Waals surface area contributed by atoms with Crippen LogP contribution in [-0.2, 0) is 16.0 Å². The fourth-order valence-electron chi connectivity index (χ4n) is 3.38. The highest BCUT2D eigenvalue weighted by atomic mass is 16.4. The van der Waals surface area contributed by atoms with Crippen molar-refractivity contribution in [1.82, 2.24) is 4.90 Å². The van der Waals surface area contributed by atoms with Gasteiger partial charge in [0.05, 0.1) is 17.4 Å². The smallest absolute Gasteiger partial charge is 0.335 e. The zero-order chi connectivity index (χ0) is 15.0. The van der Waals surface area contributed by atoms with Crippen LogP contribution >= 0.6 is 0 Å². The molecule has 21 heavy (non-hydrogen) atoms. The summed E-state index contributed by atoms with van der Waals surface area (Å²) in [5, 5.41) is 8.96. The van der Waals surface area contributed by atoms with E-state index in [0.29, 0.717) is 13.0 Å². The number of amides is 2. The van der Waals surface area contributed by atoms with Crippen molar-refractivity contribution >= 4 is 17.8 Å². The Kier molecular flexibility index (Phi) is 3.49. The number of hydrogen-bond acceptors (Lipinski definition) is 3. The van der Waals surface area contributed by atoms with Crippen LogP contribution in [0.5, 0.6) is 0 Å². The van der Waals surface area contributed by atoms with Crippen LogP contribution < -0.4 is 0 Å². The van der Waals surface area contributed by atoms with E-state index >= 15 is 0 Å². The zero-order valence-electron chi connectivity index (χ0n) is 11.6. The summed E-state index contributed by atoms with van der Waals surface area (Å²) in [7, 11) is 0. The van der Waals surface area contributed by atoms with E-state index in [1.165, 1.54) is 11.0 Å². The van der Waals surface area contributed by atoms with E-state index in [2.05, 4.69) is 0 Å². The van der Waals surface area contributed by atoms with Gasteiger partial charge >= 0.3 is 5.97 Å². The maximum Gasteiger partial charge on any atom is 0.335 e. The molecule has 2 amide bonds. The Balaban J connectivity index is 1.68. The molecule has 5 nitrogen and oxygen atoms in total. The van der Waals surface area contributed by atoms with Gasteiger partial charge in [-0.1, -0.05) is 18.6 Å². The number of benzene rings is 1. The maximum atomic E-state index is 12.2. The summed E-state index contributed by atoms with van der Waals surface area (Å²) in [5.74, 6) is -1.28. The normalized spacial score (nSPS) is 24.5. The minimum atomic E-state index is -0.972. The Morgan fingerprint density at radius 3 is 2.48 bits per heavy atom. The molecule has 3 rings (SSSR count). The average Bonchev–Trinajstić information content (AvgIpc) is 3.03. The summed E-state index contributed by atoms with van der Waals surface area (Å²) >= 11 is 0. The van der Waals surface area contributed by atoms with Crippen LogP contribution in [0.2, 0.25) is 0 Å². The van der Waals surface area contributed by atoms with E-state index < -0.39 is 5.97 Å². The molecule has 1 N–H and O–H groups in total. The van der Waals surface area contributed by atoms with Crippen LogP contribution in [-0.4, -0.2) is 34.3 Å². The van der Waals surface area contributed by atoms with Crippen molar-refractivity contribution in [2.45, 2.75) is 25.7 Å². The van der Waals surface area contributed by atoms with Gasteiger partial charge in [-0.15, -0.1) is 0 Å². The van der Waals surface area contributed by atoms with Crippen LogP contribution in [0.3, 0.4) is 0 Å². The first-order valence-corrected chi connectivity index (χ1v) is 7.25. The topological polar surface area (TPSA) is 74.7 Å². The fourth-order valence-corrected chi connectivity index (χ4v) is 3.38. The number of likely N-dealkylation sites (tertiary alicyclic amines) is 1. The van der Waals surface area contributed by atoms with Crippen molar-refractivity contribution in [2.75, 3.05) is 6.54 Å². The molecule has 1 aromatic rings. The average molecular weight is 287 g/mol. The number of carboxylic acid groups (broad SMARTS) is 1. The number of imide groups is 1. The van der Waals surface area contributed by atoms with Gasteiger partial charge in [-0.2, -0.15) is 0 Å². The van der Waals surface area contributed by atoms with E-state index in [1.54, 1.807) is 12.1 Å². The lowest BCUT2D eigenvalue weighted by Gasteiger charge is -2.15. The highest BCUT2D eigenvalue weighted by Crippen LogP contribution is 2.39. The van der Waals surface area contributed by atoms with Crippen molar-refractivity contribution < 1.29 is 19.5 Å². The van der Waals surface area contributed by atoms with Gasteiger partial charge in [0.1, 0.15) is 0 Å². The standard InChI is InChI=1S/C16H17NO4/c18-14-12-5-2-6-13(12)15(19)17(14)8-7-10-3-1-4-11(9-10)16(20)21/h1,3-4,9,12-13H,2,5-8H2,(H,20,21). The SMILES string of the molecule is O=C(O)c1cccc(CCN2C(=O)C3CCCC3C2=O)c1. The first kappa shape index (κ1) is 13.8. The number of carboxylic acids is 1. The van der Waals surface area contributed by atoms with Crippen molar-refractivity contribution in [3.05, 3.63) is 35.4 Å². The minimum absolute atomic E-state index is 0.0445. The fraction of sp³-hybridized carbons (Fsp3) is 0.438. The van der Waals surface area contributed by atoms with E-state index in [9.17, 15) is 14.4 Å². The summed E-state index contributed by atoms with van der Waals surface area (Å²) in [4.78, 5) is 36.7. The Bertz CT molecular complexity index is 588. The van der Waals surface area contributed by atoms with Gasteiger partial charge in [0.15, 0.2) is 0 Å². The van der Waals surface area contributed by atoms with Crippen LogP contribution in [0, 0.1) is 11.8 Å². The molecular weight excluding hydrogens is 270 g/mol. The van der Waals surface area contributed by atoms with Gasteiger partial charge < -0.3 is 5.11 Å². The van der Waals surface area contributed by atoms with Crippen LogP contribution in [0.4, 0.5) is 0 Å². The minimum Gasteiger partial charge on any atom is -0.478 e. The molecule has 1 aromatic carbocycles. The zero-order valence-corrected chi connectivity index (χ0v) is 11.6. The highest BCUT2D eigenvalue weighted by Gasteiger charge is 2.49. The van der Waals surface area contributed by atoms with Crippen molar-refractivity contribution in [3.63, 3.8) is 0 Å². The lowest BCUT2D eigenvalue weighted by atomic mass is 10.00. The Morgan fingerprint density at radius 1 is 1.19 bits per heavy atom. The first-order valence-electron chi connectivity index (χ1n) is 7.25. The monoisotopic (exact) mass is 287 g/mol. The van der Waals surface area contributed by atoms with Gasteiger partial charge in [-0.3, -0.25) is 14.5 Å². The molecule has 1 aliphatic heterocycles. The third kappa shape index (κ3) is 2.44. The summed E-state index contributed by atoms with van der Waals surface area (Å²) in [6.07, 6.45) is 3.10. The lowest BCUT2D eigenvalue weighted by Crippen LogP contribution is -2.33. The molecule has 0 spiro atoms. The maximum absolute atomic E-state index is 12.2. The van der Waals surface area contributed by atoms with Gasteiger partial charge in [-0.25, -0.2) is 4.79 Å². The molecule has 0 aromatic heterocycles. The summed E-state index contributed by atoms with van der Waals surface area (Å²) < 4.78 is 0.